The third-order valence-electron chi connectivity index (χ3n) is 3.67. The van der Waals surface area contributed by atoms with Gasteiger partial charge in [0.2, 0.25) is 5.91 Å². The highest BCUT2D eigenvalue weighted by atomic mass is 79.9. The van der Waals surface area contributed by atoms with Crippen LogP contribution in [0.5, 0.6) is 0 Å². The molecule has 0 saturated carbocycles. The van der Waals surface area contributed by atoms with Gasteiger partial charge in [0.1, 0.15) is 0 Å². The first-order chi connectivity index (χ1) is 10.4. The maximum atomic E-state index is 12.1. The van der Waals surface area contributed by atoms with Crippen LogP contribution in [0.15, 0.2) is 59.1 Å². The van der Waals surface area contributed by atoms with Crippen LogP contribution in [-0.4, -0.2) is 11.9 Å². The molecule has 23 heavy (non-hydrogen) atoms. The molecule has 0 bridgehead atoms. The highest BCUT2D eigenvalue weighted by Crippen LogP contribution is 2.26. The van der Waals surface area contributed by atoms with Crippen LogP contribution in [0.25, 0.3) is 0 Å². The lowest BCUT2D eigenvalue weighted by Crippen LogP contribution is -2.50. The van der Waals surface area contributed by atoms with E-state index in [0.29, 0.717) is 6.42 Å². The highest BCUT2D eigenvalue weighted by molar-refractivity contribution is 9.10. The Bertz CT molecular complexity index is 648. The summed E-state index contributed by atoms with van der Waals surface area (Å²) >= 11 is 3.49. The molecule has 3 nitrogen and oxygen atoms in total. The van der Waals surface area contributed by atoms with Gasteiger partial charge in [-0.3, -0.25) is 4.79 Å². The van der Waals surface area contributed by atoms with E-state index in [4.69, 9.17) is 5.73 Å². The minimum absolute atomic E-state index is 0. The van der Waals surface area contributed by atoms with Crippen molar-refractivity contribution in [1.82, 2.24) is 5.32 Å². The number of hydrogen-bond donors (Lipinski definition) is 2. The van der Waals surface area contributed by atoms with E-state index in [1.54, 1.807) is 6.92 Å². The summed E-state index contributed by atoms with van der Waals surface area (Å²) in [5.74, 6) is -0.152. The third kappa shape index (κ3) is 5.34. The second-order valence-electron chi connectivity index (χ2n) is 5.78. The Morgan fingerprint density at radius 2 is 1.87 bits per heavy atom. The van der Waals surface area contributed by atoms with E-state index in [2.05, 4.69) is 33.4 Å². The lowest BCUT2D eigenvalue weighted by Gasteiger charge is -2.32. The summed E-state index contributed by atoms with van der Waals surface area (Å²) in [5, 5.41) is 3.10. The number of carbonyl (C=O) groups excluding carboxylic acids is 1. The van der Waals surface area contributed by atoms with Gasteiger partial charge in [-0.1, -0.05) is 58.4 Å². The number of nitrogens with one attached hydrogen (secondary N) is 1. The second kappa shape index (κ2) is 8.48. The van der Waals surface area contributed by atoms with Crippen molar-refractivity contribution < 1.29 is 4.79 Å². The predicted molar refractivity (Wildman–Crippen MR) is 101 cm³/mol. The molecular weight excluding hydrogens is 376 g/mol. The Balaban J connectivity index is 0.00000264. The molecule has 0 fully saturated rings. The molecule has 124 valence electrons. The average Bonchev–Trinajstić information content (AvgIpc) is 2.48. The molecule has 0 aliphatic carbocycles. The smallest absolute Gasteiger partial charge is 0.237 e. The molecule has 1 amide bonds. The van der Waals surface area contributed by atoms with Gasteiger partial charge >= 0.3 is 0 Å². The van der Waals surface area contributed by atoms with Crippen molar-refractivity contribution in [3.63, 3.8) is 0 Å². The summed E-state index contributed by atoms with van der Waals surface area (Å²) in [4.78, 5) is 12.1. The fourth-order valence-electron chi connectivity index (χ4n) is 2.47. The van der Waals surface area contributed by atoms with Crippen molar-refractivity contribution in [2.24, 2.45) is 5.73 Å². The molecule has 1 unspecified atom stereocenters. The van der Waals surface area contributed by atoms with Gasteiger partial charge in [-0.2, -0.15) is 0 Å². The number of halogens is 2. The average molecular weight is 398 g/mol. The molecule has 0 heterocycles. The summed E-state index contributed by atoms with van der Waals surface area (Å²) in [6.07, 6.45) is 0.689. The number of rotatable bonds is 5. The van der Waals surface area contributed by atoms with Crippen LogP contribution in [-0.2, 0) is 16.8 Å². The van der Waals surface area contributed by atoms with Gasteiger partial charge in [-0.05, 0) is 43.5 Å². The number of nitrogens with two attached hydrogens (primary N) is 1. The zero-order chi connectivity index (χ0) is 16.2. The summed E-state index contributed by atoms with van der Waals surface area (Å²) in [7, 11) is 0. The van der Waals surface area contributed by atoms with Crippen molar-refractivity contribution in [3.8, 4) is 0 Å². The first kappa shape index (κ1) is 19.7. The van der Waals surface area contributed by atoms with Gasteiger partial charge in [0.15, 0.2) is 0 Å². The van der Waals surface area contributed by atoms with E-state index in [-0.39, 0.29) is 18.3 Å². The Labute approximate surface area is 152 Å². The summed E-state index contributed by atoms with van der Waals surface area (Å²) in [6.45, 7) is 3.73. The van der Waals surface area contributed by atoms with Gasteiger partial charge in [-0.25, -0.2) is 0 Å². The summed E-state index contributed by atoms with van der Waals surface area (Å²) < 4.78 is 1.03. The molecule has 2 atom stereocenters. The molecular formula is C18H22BrClN2O. The van der Waals surface area contributed by atoms with E-state index in [0.717, 1.165) is 15.6 Å². The van der Waals surface area contributed by atoms with Gasteiger partial charge in [0.25, 0.3) is 0 Å². The summed E-state index contributed by atoms with van der Waals surface area (Å²) in [5.41, 5.74) is 7.42. The molecule has 0 aliphatic heterocycles. The quantitative estimate of drug-likeness (QED) is 0.806. The SMILES string of the molecule is C[C@H](N)C(=O)NC(C)(Cc1cccc(Br)c1)c1ccccc1.Cl. The fourth-order valence-corrected chi connectivity index (χ4v) is 2.91. The highest BCUT2D eigenvalue weighted by Gasteiger charge is 2.29. The van der Waals surface area contributed by atoms with Crippen molar-refractivity contribution in [3.05, 3.63) is 70.2 Å². The number of hydrogen-bond acceptors (Lipinski definition) is 2. The van der Waals surface area contributed by atoms with Crippen LogP contribution in [0.1, 0.15) is 25.0 Å². The molecule has 3 N–H and O–H groups in total. The Morgan fingerprint density at radius 1 is 1.22 bits per heavy atom. The molecule has 0 radical (unpaired) electrons. The lowest BCUT2D eigenvalue weighted by molar-refractivity contribution is -0.123. The van der Waals surface area contributed by atoms with E-state index in [9.17, 15) is 4.79 Å². The standard InChI is InChI=1S/C18H21BrN2O.ClH/c1-13(20)17(22)21-18(2,15-8-4-3-5-9-15)12-14-7-6-10-16(19)11-14;/h3-11,13H,12,20H2,1-2H3,(H,21,22);1H/t13-,18?;/m0./s1. The first-order valence-electron chi connectivity index (χ1n) is 7.28. The molecule has 2 rings (SSSR count). The predicted octanol–water partition coefficient (Wildman–Crippen LogP) is 3.79. The largest absolute Gasteiger partial charge is 0.345 e. The Morgan fingerprint density at radius 3 is 2.43 bits per heavy atom. The molecule has 2 aromatic rings. The molecule has 0 aliphatic rings. The van der Waals surface area contributed by atoms with E-state index >= 15 is 0 Å². The number of amides is 1. The number of carbonyl (C=O) groups is 1. The van der Waals surface area contributed by atoms with Gasteiger partial charge in [0, 0.05) is 4.47 Å². The van der Waals surface area contributed by atoms with E-state index in [1.807, 2.05) is 49.4 Å². The fraction of sp³-hybridized carbons (Fsp3) is 0.278. The van der Waals surface area contributed by atoms with Gasteiger partial charge in [-0.15, -0.1) is 12.4 Å². The van der Waals surface area contributed by atoms with Gasteiger partial charge in [0.05, 0.1) is 11.6 Å². The maximum absolute atomic E-state index is 12.1. The van der Waals surface area contributed by atoms with Crippen LogP contribution >= 0.6 is 28.3 Å². The number of benzene rings is 2. The normalized spacial score (nSPS) is 14.3. The van der Waals surface area contributed by atoms with E-state index in [1.165, 1.54) is 0 Å². The van der Waals surface area contributed by atoms with E-state index < -0.39 is 11.6 Å². The molecule has 0 saturated heterocycles. The Hall–Kier alpha value is -1.36. The Kier molecular flexibility index (Phi) is 7.26. The van der Waals surface area contributed by atoms with Crippen LogP contribution < -0.4 is 11.1 Å². The zero-order valence-corrected chi connectivity index (χ0v) is 15.7. The monoisotopic (exact) mass is 396 g/mol. The van der Waals surface area contributed by atoms with Gasteiger partial charge < -0.3 is 11.1 Å². The minimum atomic E-state index is -0.537. The lowest BCUT2D eigenvalue weighted by atomic mass is 9.85. The summed E-state index contributed by atoms with van der Waals surface area (Å²) in [6, 6.07) is 17.6. The molecule has 5 heteroatoms. The van der Waals surface area contributed by atoms with Crippen LogP contribution in [0.3, 0.4) is 0 Å². The maximum Gasteiger partial charge on any atom is 0.237 e. The first-order valence-corrected chi connectivity index (χ1v) is 8.07. The van der Waals surface area contributed by atoms with Crippen LogP contribution in [0.4, 0.5) is 0 Å². The third-order valence-corrected chi connectivity index (χ3v) is 4.16. The van der Waals surface area contributed by atoms with Crippen molar-refractivity contribution >= 4 is 34.2 Å². The zero-order valence-electron chi connectivity index (χ0n) is 13.3. The molecule has 2 aromatic carbocycles. The molecule has 0 aromatic heterocycles. The van der Waals surface area contributed by atoms with Crippen molar-refractivity contribution in [2.75, 3.05) is 0 Å². The topological polar surface area (TPSA) is 55.1 Å². The van der Waals surface area contributed by atoms with Crippen LogP contribution in [0.2, 0.25) is 0 Å². The van der Waals surface area contributed by atoms with Crippen molar-refractivity contribution in [2.45, 2.75) is 31.8 Å². The van der Waals surface area contributed by atoms with Crippen molar-refractivity contribution in [1.29, 1.82) is 0 Å². The molecule has 0 spiro atoms. The van der Waals surface area contributed by atoms with Crippen LogP contribution in [0, 0.1) is 0 Å². The second-order valence-corrected chi connectivity index (χ2v) is 6.70. The minimum Gasteiger partial charge on any atom is -0.345 e.